The van der Waals surface area contributed by atoms with Crippen molar-refractivity contribution in [2.45, 2.75) is 22.2 Å². The summed E-state index contributed by atoms with van der Waals surface area (Å²) in [6.07, 6.45) is 1.83. The van der Waals surface area contributed by atoms with Crippen molar-refractivity contribution >= 4 is 52.6 Å². The number of nitrogens with one attached hydrogen (secondary N) is 1. The quantitative estimate of drug-likeness (QED) is 0.674. The third-order valence-electron chi connectivity index (χ3n) is 4.28. The van der Waals surface area contributed by atoms with E-state index < -0.39 is 23.3 Å². The van der Waals surface area contributed by atoms with E-state index >= 15 is 0 Å². The third-order valence-corrected chi connectivity index (χ3v) is 7.71. The van der Waals surface area contributed by atoms with E-state index in [0.717, 1.165) is 9.90 Å². The molecule has 0 aliphatic carbocycles. The van der Waals surface area contributed by atoms with E-state index in [1.54, 1.807) is 6.20 Å². The maximum atomic E-state index is 12.6. The van der Waals surface area contributed by atoms with E-state index in [1.807, 2.05) is 35.7 Å². The summed E-state index contributed by atoms with van der Waals surface area (Å²) in [5.41, 5.74) is 0.843. The number of aliphatic carboxylic acids is 1. The van der Waals surface area contributed by atoms with Gasteiger partial charge < -0.3 is 10.4 Å². The van der Waals surface area contributed by atoms with Crippen molar-refractivity contribution in [1.29, 1.82) is 0 Å². The van der Waals surface area contributed by atoms with Crippen LogP contribution >= 0.6 is 34.9 Å². The Morgan fingerprint density at radius 3 is 2.79 bits per heavy atom. The van der Waals surface area contributed by atoms with Crippen LogP contribution in [0.3, 0.4) is 0 Å². The molecule has 3 heterocycles. The van der Waals surface area contributed by atoms with Crippen molar-refractivity contribution in [3.8, 4) is 0 Å². The first kappa shape index (κ1) is 19.0. The summed E-state index contributed by atoms with van der Waals surface area (Å²) in [5, 5.41) is 13.8. The number of fused-ring (bicyclic) bond motifs is 1. The van der Waals surface area contributed by atoms with Crippen LogP contribution in [0.4, 0.5) is 0 Å². The minimum Gasteiger partial charge on any atom is -0.477 e. The first-order valence-corrected chi connectivity index (χ1v) is 11.1. The van der Waals surface area contributed by atoms with Crippen LogP contribution in [0, 0.1) is 0 Å². The van der Waals surface area contributed by atoms with Gasteiger partial charge in [-0.2, -0.15) is 0 Å². The van der Waals surface area contributed by atoms with Gasteiger partial charge in [0.2, 0.25) is 5.91 Å². The molecular formula is C18H15N3O4S3. The maximum Gasteiger partial charge on any atom is 0.353 e. The fraction of sp³-hybridized carbons (Fsp3) is 0.222. The molecule has 2 aliphatic rings. The predicted molar refractivity (Wildman–Crippen MR) is 108 cm³/mol. The van der Waals surface area contributed by atoms with Crippen LogP contribution in [0.5, 0.6) is 0 Å². The van der Waals surface area contributed by atoms with Crippen LogP contribution < -0.4 is 5.32 Å². The van der Waals surface area contributed by atoms with Crippen LogP contribution in [0.25, 0.3) is 0 Å². The van der Waals surface area contributed by atoms with Crippen LogP contribution in [0.2, 0.25) is 0 Å². The molecular weight excluding hydrogens is 418 g/mol. The number of carboxylic acids is 1. The molecule has 1 saturated heterocycles. The first-order chi connectivity index (χ1) is 13.5. The van der Waals surface area contributed by atoms with E-state index in [4.69, 9.17) is 0 Å². The zero-order valence-electron chi connectivity index (χ0n) is 14.4. The molecule has 0 unspecified atom stereocenters. The fourth-order valence-electron chi connectivity index (χ4n) is 3.04. The lowest BCUT2D eigenvalue weighted by Gasteiger charge is -2.49. The van der Waals surface area contributed by atoms with Crippen molar-refractivity contribution in [3.63, 3.8) is 0 Å². The summed E-state index contributed by atoms with van der Waals surface area (Å²) in [6.45, 7) is 0. The van der Waals surface area contributed by atoms with Crippen molar-refractivity contribution in [1.82, 2.24) is 15.2 Å². The lowest BCUT2D eigenvalue weighted by atomic mass is 10.0. The van der Waals surface area contributed by atoms with Gasteiger partial charge in [0.15, 0.2) is 4.34 Å². The molecule has 2 aliphatic heterocycles. The summed E-state index contributed by atoms with van der Waals surface area (Å²) < 4.78 is 0.730. The molecule has 0 bridgehead atoms. The van der Waals surface area contributed by atoms with Gasteiger partial charge in [-0.05, 0) is 5.56 Å². The Morgan fingerprint density at radius 2 is 2.11 bits per heavy atom. The molecule has 0 spiro atoms. The monoisotopic (exact) mass is 433 g/mol. The second-order valence-electron chi connectivity index (χ2n) is 6.09. The summed E-state index contributed by atoms with van der Waals surface area (Å²) in [4.78, 5) is 42.8. The summed E-state index contributed by atoms with van der Waals surface area (Å²) >= 11 is 4.14. The van der Waals surface area contributed by atoms with Gasteiger partial charge in [0.25, 0.3) is 5.91 Å². The molecule has 28 heavy (non-hydrogen) atoms. The molecule has 0 saturated carbocycles. The minimum atomic E-state index is -1.15. The van der Waals surface area contributed by atoms with Gasteiger partial charge in [-0.1, -0.05) is 42.1 Å². The number of rotatable bonds is 6. The maximum absolute atomic E-state index is 12.6. The molecule has 7 nitrogen and oxygen atoms in total. The number of hydrogen-bond donors (Lipinski definition) is 2. The molecule has 1 aromatic carbocycles. The Kier molecular flexibility index (Phi) is 5.42. The largest absolute Gasteiger partial charge is 0.477 e. The SMILES string of the molecule is O=C(Cc1ccccc1)N[C@@H]1C(=O)N2C(C(=O)O)=C(Sc3nccs3)CS[C@H]12. The molecule has 1 aromatic heterocycles. The highest BCUT2D eigenvalue weighted by atomic mass is 32.2. The van der Waals surface area contributed by atoms with Gasteiger partial charge in [-0.3, -0.25) is 14.5 Å². The van der Waals surface area contributed by atoms with Crippen LogP contribution in [0.1, 0.15) is 5.56 Å². The molecule has 4 rings (SSSR count). The molecule has 2 N–H and O–H groups in total. The number of aromatic nitrogens is 1. The number of hydrogen-bond acceptors (Lipinski definition) is 7. The number of carbonyl (C=O) groups excluding carboxylic acids is 2. The number of carbonyl (C=O) groups is 3. The topological polar surface area (TPSA) is 99.6 Å². The lowest BCUT2D eigenvalue weighted by molar-refractivity contribution is -0.150. The molecule has 2 aromatic rings. The zero-order valence-corrected chi connectivity index (χ0v) is 16.9. The van der Waals surface area contributed by atoms with E-state index in [2.05, 4.69) is 10.3 Å². The van der Waals surface area contributed by atoms with E-state index in [-0.39, 0.29) is 18.0 Å². The van der Waals surface area contributed by atoms with E-state index in [9.17, 15) is 19.5 Å². The second kappa shape index (κ2) is 7.98. The Morgan fingerprint density at radius 1 is 1.32 bits per heavy atom. The third kappa shape index (κ3) is 3.67. The van der Waals surface area contributed by atoms with Crippen molar-refractivity contribution in [2.75, 3.05) is 5.75 Å². The van der Waals surface area contributed by atoms with Crippen molar-refractivity contribution in [3.05, 3.63) is 58.1 Å². The predicted octanol–water partition coefficient (Wildman–Crippen LogP) is 2.17. The smallest absolute Gasteiger partial charge is 0.353 e. The van der Waals surface area contributed by atoms with Gasteiger partial charge in [0.1, 0.15) is 17.1 Å². The Bertz CT molecular complexity index is 946. The standard InChI is InChI=1S/C18H15N3O4S3/c22-12(8-10-4-2-1-3-5-10)20-13-15(23)21-14(17(24)25)11(9-27-16(13)21)28-18-19-6-7-26-18/h1-7,13,16H,8-9H2,(H,20,22)(H,24,25)/t13-,16-/m1/s1. The molecule has 2 amide bonds. The van der Waals surface area contributed by atoms with Crippen molar-refractivity contribution < 1.29 is 19.5 Å². The van der Waals surface area contributed by atoms with Crippen LogP contribution in [0.15, 0.2) is 56.9 Å². The number of thiazole rings is 1. The second-order valence-corrected chi connectivity index (χ2v) is 9.44. The Labute approximate surface area is 173 Å². The summed E-state index contributed by atoms with van der Waals surface area (Å²) in [7, 11) is 0. The summed E-state index contributed by atoms with van der Waals surface area (Å²) in [6, 6.07) is 8.55. The molecule has 10 heteroatoms. The van der Waals surface area contributed by atoms with Gasteiger partial charge in [0.05, 0.1) is 6.42 Å². The number of thioether (sulfide) groups is 2. The number of carboxylic acid groups (broad SMARTS) is 1. The minimum absolute atomic E-state index is 0.0116. The zero-order chi connectivity index (χ0) is 19.7. The first-order valence-electron chi connectivity index (χ1n) is 8.36. The Hall–Kier alpha value is -2.30. The van der Waals surface area contributed by atoms with Crippen LogP contribution in [-0.4, -0.2) is 49.9 Å². The van der Waals surface area contributed by atoms with Gasteiger partial charge in [0, 0.05) is 22.2 Å². The van der Waals surface area contributed by atoms with Gasteiger partial charge in [-0.15, -0.1) is 23.1 Å². The summed E-state index contributed by atoms with van der Waals surface area (Å²) in [5.74, 6) is -1.35. The fourth-order valence-corrected chi connectivity index (χ4v) is 6.30. The number of nitrogens with zero attached hydrogens (tertiary/aromatic N) is 2. The highest BCUT2D eigenvalue weighted by molar-refractivity contribution is 8.07. The average molecular weight is 434 g/mol. The molecule has 144 valence electrons. The van der Waals surface area contributed by atoms with Crippen LogP contribution in [-0.2, 0) is 20.8 Å². The average Bonchev–Trinajstić information content (AvgIpc) is 3.19. The van der Waals surface area contributed by atoms with E-state index in [0.29, 0.717) is 10.7 Å². The highest BCUT2D eigenvalue weighted by Gasteiger charge is 2.54. The number of amides is 2. The molecule has 1 fully saturated rings. The number of β-lactam (4-membered cyclic amide) rings is 1. The molecule has 0 radical (unpaired) electrons. The highest BCUT2D eigenvalue weighted by Crippen LogP contribution is 2.45. The normalized spacial score (nSPS) is 21.1. The Balaban J connectivity index is 1.47. The number of benzene rings is 1. The lowest BCUT2D eigenvalue weighted by Crippen LogP contribution is -2.70. The van der Waals surface area contributed by atoms with E-state index in [1.165, 1.54) is 39.8 Å². The van der Waals surface area contributed by atoms with Gasteiger partial charge >= 0.3 is 5.97 Å². The van der Waals surface area contributed by atoms with Crippen molar-refractivity contribution in [2.24, 2.45) is 0 Å². The molecule has 2 atom stereocenters. The van der Waals surface area contributed by atoms with Gasteiger partial charge in [-0.25, -0.2) is 9.78 Å².